The predicted molar refractivity (Wildman–Crippen MR) is 100 cm³/mol. The third-order valence-electron chi connectivity index (χ3n) is 4.01. The highest BCUT2D eigenvalue weighted by molar-refractivity contribution is 6.05. The molecule has 4 rings (SSSR count). The monoisotopic (exact) mass is 328 g/mol. The fraction of sp³-hybridized carbons (Fsp3) is 0. The van der Waals surface area contributed by atoms with Gasteiger partial charge in [-0.05, 0) is 41.5 Å². The van der Waals surface area contributed by atoms with Crippen LogP contribution in [0.4, 0.5) is 11.6 Å². The molecule has 1 amide bonds. The number of carbonyl (C=O) groups is 1. The van der Waals surface area contributed by atoms with Crippen LogP contribution in [0.1, 0.15) is 10.4 Å². The number of rotatable bonds is 3. The Balaban J connectivity index is 1.53. The summed E-state index contributed by atoms with van der Waals surface area (Å²) in [4.78, 5) is 19.5. The molecule has 0 fully saturated rings. The zero-order valence-corrected chi connectivity index (χ0v) is 13.4. The largest absolute Gasteiger partial charge is 0.369 e. The number of nitrogens with two attached hydrogens (primary N) is 1. The van der Waals surface area contributed by atoms with Gasteiger partial charge in [0, 0.05) is 11.3 Å². The summed E-state index contributed by atoms with van der Waals surface area (Å²) >= 11 is 0. The predicted octanol–water partition coefficient (Wildman–Crippen LogP) is 4.06. The van der Waals surface area contributed by atoms with Crippen LogP contribution in [-0.2, 0) is 0 Å². The first-order valence-electron chi connectivity index (χ1n) is 7.91. The van der Waals surface area contributed by atoms with Gasteiger partial charge in [0.15, 0.2) is 5.95 Å². The molecule has 4 aromatic rings. The number of nitrogens with zero attached hydrogens (tertiary/aromatic N) is 1. The normalized spacial score (nSPS) is 10.7. The molecular formula is C20H16N4O. The zero-order chi connectivity index (χ0) is 17.2. The minimum absolute atomic E-state index is 0.161. The lowest BCUT2D eigenvalue weighted by Gasteiger charge is -2.07. The molecular weight excluding hydrogens is 312 g/mol. The van der Waals surface area contributed by atoms with Crippen molar-refractivity contribution in [2.24, 2.45) is 0 Å². The van der Waals surface area contributed by atoms with Gasteiger partial charge in [-0.1, -0.05) is 42.5 Å². The van der Waals surface area contributed by atoms with Gasteiger partial charge in [-0.2, -0.15) is 0 Å². The molecule has 0 saturated heterocycles. The van der Waals surface area contributed by atoms with Crippen molar-refractivity contribution in [2.75, 3.05) is 11.1 Å². The Morgan fingerprint density at radius 1 is 0.920 bits per heavy atom. The first-order chi connectivity index (χ1) is 12.2. The van der Waals surface area contributed by atoms with Gasteiger partial charge in [0.05, 0.1) is 11.0 Å². The average Bonchev–Trinajstić information content (AvgIpc) is 3.02. The number of benzene rings is 3. The van der Waals surface area contributed by atoms with E-state index in [1.54, 1.807) is 6.07 Å². The van der Waals surface area contributed by atoms with Crippen LogP contribution >= 0.6 is 0 Å². The van der Waals surface area contributed by atoms with E-state index < -0.39 is 0 Å². The maximum atomic E-state index is 12.4. The van der Waals surface area contributed by atoms with Crippen molar-refractivity contribution in [3.05, 3.63) is 78.4 Å². The summed E-state index contributed by atoms with van der Waals surface area (Å²) in [6.45, 7) is 0. The molecule has 0 spiro atoms. The Morgan fingerprint density at radius 3 is 2.40 bits per heavy atom. The van der Waals surface area contributed by atoms with Crippen LogP contribution < -0.4 is 11.1 Å². The fourth-order valence-corrected chi connectivity index (χ4v) is 2.76. The number of aromatic nitrogens is 2. The van der Waals surface area contributed by atoms with Crippen LogP contribution in [-0.4, -0.2) is 15.9 Å². The molecule has 0 atom stereocenters. The van der Waals surface area contributed by atoms with E-state index in [1.807, 2.05) is 66.7 Å². The van der Waals surface area contributed by atoms with Crippen molar-refractivity contribution in [2.45, 2.75) is 0 Å². The van der Waals surface area contributed by atoms with Gasteiger partial charge in [-0.3, -0.25) is 4.79 Å². The van der Waals surface area contributed by atoms with Crippen molar-refractivity contribution >= 4 is 28.6 Å². The van der Waals surface area contributed by atoms with Gasteiger partial charge < -0.3 is 16.0 Å². The summed E-state index contributed by atoms with van der Waals surface area (Å²) in [5.41, 5.74) is 10.7. The second-order valence-corrected chi connectivity index (χ2v) is 5.75. The summed E-state index contributed by atoms with van der Waals surface area (Å²) < 4.78 is 0. The van der Waals surface area contributed by atoms with Crippen LogP contribution in [0.2, 0.25) is 0 Å². The number of aromatic amines is 1. The highest BCUT2D eigenvalue weighted by Crippen LogP contribution is 2.21. The molecule has 5 nitrogen and oxygen atoms in total. The Labute approximate surface area is 144 Å². The molecule has 3 aromatic carbocycles. The first-order valence-corrected chi connectivity index (χ1v) is 7.91. The van der Waals surface area contributed by atoms with Crippen molar-refractivity contribution in [3.63, 3.8) is 0 Å². The lowest BCUT2D eigenvalue weighted by atomic mass is 10.0. The molecule has 0 saturated carbocycles. The summed E-state index contributed by atoms with van der Waals surface area (Å²) in [7, 11) is 0. The van der Waals surface area contributed by atoms with Crippen LogP contribution in [0.5, 0.6) is 0 Å². The number of fused-ring (bicyclic) bond motifs is 1. The Morgan fingerprint density at radius 2 is 1.64 bits per heavy atom. The van der Waals surface area contributed by atoms with Gasteiger partial charge in [-0.15, -0.1) is 0 Å². The summed E-state index contributed by atoms with van der Waals surface area (Å²) in [5.74, 6) is 0.196. The van der Waals surface area contributed by atoms with E-state index in [-0.39, 0.29) is 5.91 Å². The number of nitrogens with one attached hydrogen (secondary N) is 2. The average molecular weight is 328 g/mol. The molecule has 25 heavy (non-hydrogen) atoms. The first kappa shape index (κ1) is 15.0. The highest BCUT2D eigenvalue weighted by Gasteiger charge is 2.08. The fourth-order valence-electron chi connectivity index (χ4n) is 2.76. The molecule has 1 heterocycles. The van der Waals surface area contributed by atoms with E-state index in [0.29, 0.717) is 17.2 Å². The van der Waals surface area contributed by atoms with E-state index in [1.165, 1.54) is 0 Å². The second-order valence-electron chi connectivity index (χ2n) is 5.75. The van der Waals surface area contributed by atoms with E-state index in [4.69, 9.17) is 5.73 Å². The van der Waals surface area contributed by atoms with Crippen LogP contribution in [0, 0.1) is 0 Å². The van der Waals surface area contributed by atoms with Crippen LogP contribution in [0.25, 0.3) is 22.2 Å². The lowest BCUT2D eigenvalue weighted by Crippen LogP contribution is -2.11. The number of hydrogen-bond donors (Lipinski definition) is 3. The van der Waals surface area contributed by atoms with Crippen LogP contribution in [0.15, 0.2) is 72.8 Å². The molecule has 0 unspecified atom stereocenters. The van der Waals surface area contributed by atoms with Gasteiger partial charge in [0.1, 0.15) is 0 Å². The third-order valence-corrected chi connectivity index (χ3v) is 4.01. The molecule has 0 aliphatic carbocycles. The highest BCUT2D eigenvalue weighted by atomic mass is 16.1. The van der Waals surface area contributed by atoms with Gasteiger partial charge in [0.2, 0.25) is 0 Å². The van der Waals surface area contributed by atoms with Gasteiger partial charge in [-0.25, -0.2) is 4.98 Å². The quantitative estimate of drug-likeness (QED) is 0.530. The summed E-state index contributed by atoms with van der Waals surface area (Å²) in [5, 5.41) is 2.89. The number of hydrogen-bond acceptors (Lipinski definition) is 3. The molecule has 0 aliphatic rings. The SMILES string of the molecule is Nc1nc2ccc(NC(=O)c3ccc(-c4ccccc4)cc3)cc2[nH]1. The Bertz CT molecular complexity index is 1040. The smallest absolute Gasteiger partial charge is 0.255 e. The maximum Gasteiger partial charge on any atom is 0.255 e. The molecule has 5 heteroatoms. The topological polar surface area (TPSA) is 83.8 Å². The van der Waals surface area contributed by atoms with Crippen LogP contribution in [0.3, 0.4) is 0 Å². The molecule has 0 radical (unpaired) electrons. The van der Waals surface area contributed by atoms with E-state index in [9.17, 15) is 4.79 Å². The molecule has 122 valence electrons. The number of amides is 1. The molecule has 0 bridgehead atoms. The zero-order valence-electron chi connectivity index (χ0n) is 13.4. The van der Waals surface area contributed by atoms with Crippen molar-refractivity contribution in [1.82, 2.24) is 9.97 Å². The Hall–Kier alpha value is -3.60. The number of carbonyl (C=O) groups excluding carboxylic acids is 1. The second kappa shape index (κ2) is 6.13. The minimum atomic E-state index is -0.161. The van der Waals surface area contributed by atoms with Crippen molar-refractivity contribution < 1.29 is 4.79 Å². The number of H-pyrrole nitrogens is 1. The van der Waals surface area contributed by atoms with Crippen molar-refractivity contribution in [3.8, 4) is 11.1 Å². The number of nitrogen functional groups attached to an aromatic ring is 1. The molecule has 0 aliphatic heterocycles. The van der Waals surface area contributed by atoms with Crippen molar-refractivity contribution in [1.29, 1.82) is 0 Å². The van der Waals surface area contributed by atoms with E-state index in [0.717, 1.165) is 22.2 Å². The summed E-state index contributed by atoms with van der Waals surface area (Å²) in [6.07, 6.45) is 0. The van der Waals surface area contributed by atoms with E-state index >= 15 is 0 Å². The minimum Gasteiger partial charge on any atom is -0.369 e. The Kier molecular flexibility index (Phi) is 3.67. The lowest BCUT2D eigenvalue weighted by molar-refractivity contribution is 0.102. The molecule has 4 N–H and O–H groups in total. The van der Waals surface area contributed by atoms with Gasteiger partial charge >= 0.3 is 0 Å². The number of anilines is 2. The maximum absolute atomic E-state index is 12.4. The number of imidazole rings is 1. The standard InChI is InChI=1S/C20H16N4O/c21-20-23-17-11-10-16(12-18(17)24-20)22-19(25)15-8-6-14(7-9-15)13-4-2-1-3-5-13/h1-12H,(H,22,25)(H3,21,23,24). The third kappa shape index (κ3) is 3.07. The van der Waals surface area contributed by atoms with E-state index in [2.05, 4.69) is 15.3 Å². The molecule has 1 aromatic heterocycles. The van der Waals surface area contributed by atoms with Gasteiger partial charge in [0.25, 0.3) is 5.91 Å². The summed E-state index contributed by atoms with van der Waals surface area (Å²) in [6, 6.07) is 23.0.